The highest BCUT2D eigenvalue weighted by molar-refractivity contribution is 7.99. The van der Waals surface area contributed by atoms with Crippen LogP contribution in [0.1, 0.15) is 22.3 Å². The molecule has 0 aliphatic carbocycles. The van der Waals surface area contributed by atoms with Crippen molar-refractivity contribution >= 4 is 11.8 Å². The molecule has 108 valence electrons. The number of hydrogen-bond acceptors (Lipinski definition) is 1. The molecule has 0 radical (unpaired) electrons. The van der Waals surface area contributed by atoms with Gasteiger partial charge in [0, 0.05) is 9.79 Å². The normalized spacial score (nSPS) is 10.4. The van der Waals surface area contributed by atoms with E-state index >= 15 is 0 Å². The first-order valence-electron chi connectivity index (χ1n) is 7.24. The topological polar surface area (TPSA) is 0 Å². The lowest BCUT2D eigenvalue weighted by atomic mass is 10.1. The Kier molecular flexibility index (Phi) is 5.46. The molecular weight excluding hydrogens is 272 g/mol. The SMILES string of the molecule is C=CCc1cccc(Sc2cccc(CC=C)c2C)c1C. The third-order valence-corrected chi connectivity index (χ3v) is 5.07. The second kappa shape index (κ2) is 7.33. The number of rotatable bonds is 6. The highest BCUT2D eigenvalue weighted by Gasteiger charge is 2.08. The van der Waals surface area contributed by atoms with Crippen LogP contribution in [0.3, 0.4) is 0 Å². The van der Waals surface area contributed by atoms with Gasteiger partial charge >= 0.3 is 0 Å². The lowest BCUT2D eigenvalue weighted by Gasteiger charge is -2.13. The van der Waals surface area contributed by atoms with Crippen LogP contribution in [0.25, 0.3) is 0 Å². The van der Waals surface area contributed by atoms with Crippen molar-refractivity contribution < 1.29 is 0 Å². The van der Waals surface area contributed by atoms with Crippen LogP contribution in [-0.2, 0) is 12.8 Å². The molecule has 0 heterocycles. The van der Waals surface area contributed by atoms with Gasteiger partial charge in [0.1, 0.15) is 0 Å². The molecule has 0 saturated carbocycles. The summed E-state index contributed by atoms with van der Waals surface area (Å²) < 4.78 is 0. The van der Waals surface area contributed by atoms with Gasteiger partial charge in [-0.3, -0.25) is 0 Å². The van der Waals surface area contributed by atoms with Crippen molar-refractivity contribution in [2.24, 2.45) is 0 Å². The molecule has 0 spiro atoms. The van der Waals surface area contributed by atoms with Crippen molar-refractivity contribution in [1.82, 2.24) is 0 Å². The summed E-state index contributed by atoms with van der Waals surface area (Å²) in [5.74, 6) is 0. The molecular formula is C20H22S. The summed E-state index contributed by atoms with van der Waals surface area (Å²) >= 11 is 1.85. The summed E-state index contributed by atoms with van der Waals surface area (Å²) in [6.45, 7) is 12.1. The van der Waals surface area contributed by atoms with E-state index in [1.165, 1.54) is 32.0 Å². The summed E-state index contributed by atoms with van der Waals surface area (Å²) in [6.07, 6.45) is 5.78. The zero-order valence-corrected chi connectivity index (χ0v) is 13.7. The fraction of sp³-hybridized carbons (Fsp3) is 0.200. The molecule has 0 amide bonds. The highest BCUT2D eigenvalue weighted by Crippen LogP contribution is 2.34. The molecule has 1 heteroatoms. The minimum absolute atomic E-state index is 0.926. The van der Waals surface area contributed by atoms with E-state index in [-0.39, 0.29) is 0 Å². The van der Waals surface area contributed by atoms with Gasteiger partial charge in [-0.25, -0.2) is 0 Å². The van der Waals surface area contributed by atoms with E-state index in [0.717, 1.165) is 12.8 Å². The van der Waals surface area contributed by atoms with E-state index < -0.39 is 0 Å². The van der Waals surface area contributed by atoms with Crippen molar-refractivity contribution in [1.29, 1.82) is 0 Å². The number of hydrogen-bond donors (Lipinski definition) is 0. The quantitative estimate of drug-likeness (QED) is 0.597. The lowest BCUT2D eigenvalue weighted by Crippen LogP contribution is -1.92. The van der Waals surface area contributed by atoms with Gasteiger partial charge in [-0.2, -0.15) is 0 Å². The first-order valence-corrected chi connectivity index (χ1v) is 8.05. The molecule has 0 unspecified atom stereocenters. The van der Waals surface area contributed by atoms with Crippen LogP contribution >= 0.6 is 11.8 Å². The van der Waals surface area contributed by atoms with Crippen molar-refractivity contribution in [3.8, 4) is 0 Å². The maximum Gasteiger partial charge on any atom is 0.0154 e. The first-order chi connectivity index (χ1) is 10.2. The number of benzene rings is 2. The fourth-order valence-electron chi connectivity index (χ4n) is 2.41. The molecule has 2 rings (SSSR count). The standard InChI is InChI=1S/C20H22S/c1-5-9-17-11-7-13-19(15(17)3)21-20-14-8-12-18(10-6-2)16(20)4/h5-8,11-14H,1-2,9-10H2,3-4H3. The summed E-state index contributed by atoms with van der Waals surface area (Å²) in [6, 6.07) is 13.0. The summed E-state index contributed by atoms with van der Waals surface area (Å²) in [5, 5.41) is 0. The smallest absolute Gasteiger partial charge is 0.0154 e. The second-order valence-electron chi connectivity index (χ2n) is 5.17. The van der Waals surface area contributed by atoms with E-state index in [9.17, 15) is 0 Å². The Hall–Kier alpha value is -1.73. The summed E-state index contributed by atoms with van der Waals surface area (Å²) in [5.41, 5.74) is 5.43. The summed E-state index contributed by atoms with van der Waals surface area (Å²) in [4.78, 5) is 2.65. The van der Waals surface area contributed by atoms with E-state index in [2.05, 4.69) is 63.4 Å². The van der Waals surface area contributed by atoms with Crippen LogP contribution in [0.2, 0.25) is 0 Å². The first kappa shape index (κ1) is 15.7. The van der Waals surface area contributed by atoms with Gasteiger partial charge in [0.25, 0.3) is 0 Å². The third kappa shape index (κ3) is 3.68. The average Bonchev–Trinajstić information content (AvgIpc) is 2.48. The molecule has 0 bridgehead atoms. The van der Waals surface area contributed by atoms with Gasteiger partial charge in [-0.1, -0.05) is 48.2 Å². The van der Waals surface area contributed by atoms with Gasteiger partial charge in [0.2, 0.25) is 0 Å². The fourth-order valence-corrected chi connectivity index (χ4v) is 3.51. The lowest BCUT2D eigenvalue weighted by molar-refractivity contribution is 1.14. The van der Waals surface area contributed by atoms with Gasteiger partial charge in [-0.05, 0) is 61.1 Å². The summed E-state index contributed by atoms with van der Waals surface area (Å²) in [7, 11) is 0. The van der Waals surface area contributed by atoms with E-state index in [1.54, 1.807) is 0 Å². The highest BCUT2D eigenvalue weighted by atomic mass is 32.2. The predicted octanol–water partition coefficient (Wildman–Crippen LogP) is 5.91. The largest absolute Gasteiger partial charge is 0.103 e. The average molecular weight is 294 g/mol. The molecule has 21 heavy (non-hydrogen) atoms. The molecule has 0 saturated heterocycles. The molecule has 0 aliphatic rings. The monoisotopic (exact) mass is 294 g/mol. The minimum Gasteiger partial charge on any atom is -0.103 e. The van der Waals surface area contributed by atoms with E-state index in [4.69, 9.17) is 0 Å². The minimum atomic E-state index is 0.926. The molecule has 0 N–H and O–H groups in total. The maximum atomic E-state index is 3.84. The molecule has 0 fully saturated rings. The Bertz CT molecular complexity index is 595. The van der Waals surface area contributed by atoms with Crippen molar-refractivity contribution in [3.63, 3.8) is 0 Å². The van der Waals surface area contributed by atoms with Crippen molar-refractivity contribution in [2.75, 3.05) is 0 Å². The zero-order valence-electron chi connectivity index (χ0n) is 12.9. The van der Waals surface area contributed by atoms with E-state index in [1.807, 2.05) is 23.9 Å². The van der Waals surface area contributed by atoms with Crippen LogP contribution in [0.5, 0.6) is 0 Å². The van der Waals surface area contributed by atoms with Gasteiger partial charge in [0.05, 0.1) is 0 Å². The Morgan fingerprint density at radius 2 is 1.24 bits per heavy atom. The third-order valence-electron chi connectivity index (χ3n) is 3.74. The Balaban J connectivity index is 2.34. The second-order valence-corrected chi connectivity index (χ2v) is 6.25. The maximum absolute atomic E-state index is 3.84. The van der Waals surface area contributed by atoms with Crippen LogP contribution in [0.4, 0.5) is 0 Å². The van der Waals surface area contributed by atoms with E-state index in [0.29, 0.717) is 0 Å². The Labute approximate surface area is 132 Å². The molecule has 0 aliphatic heterocycles. The zero-order chi connectivity index (χ0) is 15.2. The predicted molar refractivity (Wildman–Crippen MR) is 94.3 cm³/mol. The molecule has 2 aromatic carbocycles. The molecule has 2 aromatic rings. The van der Waals surface area contributed by atoms with Crippen LogP contribution in [-0.4, -0.2) is 0 Å². The Morgan fingerprint density at radius 1 is 0.810 bits per heavy atom. The van der Waals surface area contributed by atoms with Gasteiger partial charge in [0.15, 0.2) is 0 Å². The van der Waals surface area contributed by atoms with Gasteiger partial charge in [-0.15, -0.1) is 13.2 Å². The molecule has 0 nitrogen and oxygen atoms in total. The van der Waals surface area contributed by atoms with Crippen molar-refractivity contribution in [2.45, 2.75) is 36.5 Å². The van der Waals surface area contributed by atoms with Crippen LogP contribution in [0, 0.1) is 13.8 Å². The molecule has 0 aromatic heterocycles. The van der Waals surface area contributed by atoms with Gasteiger partial charge < -0.3 is 0 Å². The van der Waals surface area contributed by atoms with Crippen LogP contribution in [0.15, 0.2) is 71.5 Å². The van der Waals surface area contributed by atoms with Crippen LogP contribution < -0.4 is 0 Å². The van der Waals surface area contributed by atoms with Crippen molar-refractivity contribution in [3.05, 3.63) is 84.0 Å². The number of allylic oxidation sites excluding steroid dienone is 2. The molecule has 0 atom stereocenters. The Morgan fingerprint density at radius 3 is 1.62 bits per heavy atom.